The second kappa shape index (κ2) is 4.61. The maximum absolute atomic E-state index is 10.9. The third-order valence-corrected chi connectivity index (χ3v) is 2.33. The van der Waals surface area contributed by atoms with Crippen molar-refractivity contribution in [3.8, 4) is 0 Å². The standard InChI is InChI=1S/C12H11N3O2/c1-15(10-4-2-3-6-13-10)11-8-9(12(16)17)5-7-14-11/h2-8H,1H3,(H,16,17). The molecule has 0 bridgehead atoms. The molecule has 0 spiro atoms. The Balaban J connectivity index is 2.34. The summed E-state index contributed by atoms with van der Waals surface area (Å²) in [6.07, 6.45) is 3.14. The maximum atomic E-state index is 10.9. The number of carboxylic acids is 1. The average Bonchev–Trinajstić information content (AvgIpc) is 2.39. The molecule has 2 aromatic heterocycles. The van der Waals surface area contributed by atoms with E-state index in [4.69, 9.17) is 5.11 Å². The van der Waals surface area contributed by atoms with Crippen LogP contribution in [-0.2, 0) is 0 Å². The smallest absolute Gasteiger partial charge is 0.335 e. The van der Waals surface area contributed by atoms with E-state index in [1.165, 1.54) is 18.3 Å². The van der Waals surface area contributed by atoms with Crippen LogP contribution in [0.3, 0.4) is 0 Å². The van der Waals surface area contributed by atoms with E-state index in [9.17, 15) is 4.79 Å². The molecular weight excluding hydrogens is 218 g/mol. The zero-order valence-electron chi connectivity index (χ0n) is 9.24. The lowest BCUT2D eigenvalue weighted by molar-refractivity contribution is 0.0697. The zero-order valence-corrected chi connectivity index (χ0v) is 9.24. The Kier molecular flexibility index (Phi) is 3.00. The highest BCUT2D eigenvalue weighted by Crippen LogP contribution is 2.19. The fourth-order valence-electron chi connectivity index (χ4n) is 1.40. The van der Waals surface area contributed by atoms with Gasteiger partial charge >= 0.3 is 5.97 Å². The van der Waals surface area contributed by atoms with Crippen LogP contribution >= 0.6 is 0 Å². The number of hydrogen-bond donors (Lipinski definition) is 1. The number of hydrogen-bond acceptors (Lipinski definition) is 4. The normalized spacial score (nSPS) is 9.94. The summed E-state index contributed by atoms with van der Waals surface area (Å²) in [4.78, 5) is 20.9. The van der Waals surface area contributed by atoms with Gasteiger partial charge in [0.15, 0.2) is 0 Å². The number of carbonyl (C=O) groups is 1. The van der Waals surface area contributed by atoms with Crippen LogP contribution in [0.4, 0.5) is 11.6 Å². The maximum Gasteiger partial charge on any atom is 0.335 e. The molecule has 0 saturated carbocycles. The van der Waals surface area contributed by atoms with E-state index < -0.39 is 5.97 Å². The van der Waals surface area contributed by atoms with Crippen molar-refractivity contribution >= 4 is 17.6 Å². The van der Waals surface area contributed by atoms with Crippen LogP contribution in [0.15, 0.2) is 42.7 Å². The highest BCUT2D eigenvalue weighted by atomic mass is 16.4. The fraction of sp³-hybridized carbons (Fsp3) is 0.0833. The Labute approximate surface area is 98.4 Å². The third kappa shape index (κ3) is 2.39. The van der Waals surface area contributed by atoms with Crippen LogP contribution in [0.5, 0.6) is 0 Å². The molecule has 0 aliphatic heterocycles. The van der Waals surface area contributed by atoms with E-state index in [0.29, 0.717) is 11.6 Å². The van der Waals surface area contributed by atoms with Gasteiger partial charge < -0.3 is 10.0 Å². The molecule has 86 valence electrons. The number of aromatic nitrogens is 2. The van der Waals surface area contributed by atoms with E-state index >= 15 is 0 Å². The Bertz CT molecular complexity index is 528. The van der Waals surface area contributed by atoms with Crippen LogP contribution in [0.2, 0.25) is 0 Å². The molecule has 0 amide bonds. The molecular formula is C12H11N3O2. The van der Waals surface area contributed by atoms with Gasteiger partial charge in [0.25, 0.3) is 0 Å². The van der Waals surface area contributed by atoms with Gasteiger partial charge in [0, 0.05) is 19.4 Å². The molecule has 0 aliphatic carbocycles. The Hall–Kier alpha value is -2.43. The molecule has 2 aromatic rings. The predicted molar refractivity (Wildman–Crippen MR) is 63.5 cm³/mol. The van der Waals surface area contributed by atoms with Crippen molar-refractivity contribution in [2.24, 2.45) is 0 Å². The van der Waals surface area contributed by atoms with E-state index in [1.54, 1.807) is 18.1 Å². The predicted octanol–water partition coefficient (Wildman–Crippen LogP) is 1.94. The van der Waals surface area contributed by atoms with Crippen molar-refractivity contribution in [2.75, 3.05) is 11.9 Å². The van der Waals surface area contributed by atoms with Crippen molar-refractivity contribution in [2.45, 2.75) is 0 Å². The molecule has 0 aromatic carbocycles. The first-order valence-electron chi connectivity index (χ1n) is 5.02. The van der Waals surface area contributed by atoms with E-state index in [-0.39, 0.29) is 5.56 Å². The summed E-state index contributed by atoms with van der Waals surface area (Å²) in [6, 6.07) is 8.47. The summed E-state index contributed by atoms with van der Waals surface area (Å²) in [6.45, 7) is 0. The van der Waals surface area contributed by atoms with Gasteiger partial charge in [-0.15, -0.1) is 0 Å². The highest BCUT2D eigenvalue weighted by molar-refractivity contribution is 5.88. The lowest BCUT2D eigenvalue weighted by atomic mass is 10.2. The molecule has 17 heavy (non-hydrogen) atoms. The topological polar surface area (TPSA) is 66.3 Å². The van der Waals surface area contributed by atoms with Gasteiger partial charge in [-0.25, -0.2) is 14.8 Å². The minimum atomic E-state index is -0.969. The van der Waals surface area contributed by atoms with Crippen molar-refractivity contribution in [1.29, 1.82) is 0 Å². The second-order valence-corrected chi connectivity index (χ2v) is 3.45. The first-order chi connectivity index (χ1) is 8.18. The minimum Gasteiger partial charge on any atom is -0.478 e. The van der Waals surface area contributed by atoms with Crippen LogP contribution in [0.25, 0.3) is 0 Å². The van der Waals surface area contributed by atoms with Gasteiger partial charge in [-0.2, -0.15) is 0 Å². The number of carboxylic acid groups (broad SMARTS) is 1. The summed E-state index contributed by atoms with van der Waals surface area (Å²) in [5.74, 6) is 0.286. The number of pyridine rings is 2. The van der Waals surface area contributed by atoms with Gasteiger partial charge in [-0.1, -0.05) is 6.07 Å². The minimum absolute atomic E-state index is 0.206. The number of aromatic carboxylic acids is 1. The summed E-state index contributed by atoms with van der Waals surface area (Å²) in [5.41, 5.74) is 0.206. The average molecular weight is 229 g/mol. The summed E-state index contributed by atoms with van der Waals surface area (Å²) in [7, 11) is 1.79. The highest BCUT2D eigenvalue weighted by Gasteiger charge is 2.09. The molecule has 0 radical (unpaired) electrons. The third-order valence-electron chi connectivity index (χ3n) is 2.33. The van der Waals surface area contributed by atoms with Crippen LogP contribution in [-0.4, -0.2) is 28.1 Å². The monoisotopic (exact) mass is 229 g/mol. The van der Waals surface area contributed by atoms with Gasteiger partial charge in [0.1, 0.15) is 11.6 Å². The summed E-state index contributed by atoms with van der Waals surface area (Å²) >= 11 is 0. The molecule has 1 N–H and O–H groups in total. The Morgan fingerprint density at radius 1 is 1.18 bits per heavy atom. The van der Waals surface area contributed by atoms with Crippen molar-refractivity contribution in [1.82, 2.24) is 9.97 Å². The molecule has 0 atom stereocenters. The van der Waals surface area contributed by atoms with Crippen LogP contribution in [0.1, 0.15) is 10.4 Å². The SMILES string of the molecule is CN(c1ccccn1)c1cc(C(=O)O)ccn1. The first-order valence-corrected chi connectivity index (χ1v) is 5.02. The fourth-order valence-corrected chi connectivity index (χ4v) is 1.40. The molecule has 0 saturated heterocycles. The molecule has 0 aliphatic rings. The summed E-state index contributed by atoms with van der Waals surface area (Å²) in [5, 5.41) is 8.90. The molecule has 0 unspecified atom stereocenters. The Morgan fingerprint density at radius 2 is 1.94 bits per heavy atom. The quantitative estimate of drug-likeness (QED) is 0.871. The van der Waals surface area contributed by atoms with Crippen molar-refractivity contribution in [3.05, 3.63) is 48.3 Å². The largest absolute Gasteiger partial charge is 0.478 e. The number of anilines is 2. The molecule has 2 heterocycles. The zero-order chi connectivity index (χ0) is 12.3. The lowest BCUT2D eigenvalue weighted by Gasteiger charge is -2.16. The first kappa shape index (κ1) is 11.1. The van der Waals surface area contributed by atoms with Crippen LogP contribution < -0.4 is 4.90 Å². The van der Waals surface area contributed by atoms with Gasteiger partial charge in [0.05, 0.1) is 5.56 Å². The molecule has 5 nitrogen and oxygen atoms in total. The molecule has 5 heteroatoms. The molecule has 0 fully saturated rings. The lowest BCUT2D eigenvalue weighted by Crippen LogP contribution is -2.13. The van der Waals surface area contributed by atoms with E-state index in [0.717, 1.165) is 0 Å². The summed E-state index contributed by atoms with van der Waals surface area (Å²) < 4.78 is 0. The van der Waals surface area contributed by atoms with Gasteiger partial charge in [0.2, 0.25) is 0 Å². The number of nitrogens with zero attached hydrogens (tertiary/aromatic N) is 3. The van der Waals surface area contributed by atoms with E-state index in [2.05, 4.69) is 9.97 Å². The van der Waals surface area contributed by atoms with Crippen molar-refractivity contribution in [3.63, 3.8) is 0 Å². The second-order valence-electron chi connectivity index (χ2n) is 3.45. The van der Waals surface area contributed by atoms with Crippen LogP contribution in [0, 0.1) is 0 Å². The van der Waals surface area contributed by atoms with Gasteiger partial charge in [-0.3, -0.25) is 0 Å². The number of rotatable bonds is 3. The Morgan fingerprint density at radius 3 is 2.59 bits per heavy atom. The van der Waals surface area contributed by atoms with E-state index in [1.807, 2.05) is 18.2 Å². The van der Waals surface area contributed by atoms with Gasteiger partial charge in [-0.05, 0) is 24.3 Å². The molecule has 2 rings (SSSR count). The van der Waals surface area contributed by atoms with Crippen molar-refractivity contribution < 1.29 is 9.90 Å².